The van der Waals surface area contributed by atoms with Gasteiger partial charge in [-0.2, -0.15) is 0 Å². The van der Waals surface area contributed by atoms with Crippen LogP contribution < -0.4 is 15.0 Å². The molecule has 1 aliphatic heterocycles. The standard InChI is InChI=1S/C19H21BN3O/c1-12-6-9-17(22(4)11-12)20-13(2)10-16-18(23(20)5)15-8-7-14(3)21-19(15)24-16/h6-11H,1-5H3/q+1. The maximum atomic E-state index is 6.01. The lowest BCUT2D eigenvalue weighted by molar-refractivity contribution is -0.654. The number of nitrogens with zero attached hydrogens (tertiary/aromatic N) is 3. The van der Waals surface area contributed by atoms with E-state index in [9.17, 15) is 0 Å². The highest BCUT2D eigenvalue weighted by molar-refractivity contribution is 6.82. The van der Waals surface area contributed by atoms with Gasteiger partial charge in [0.15, 0.2) is 17.6 Å². The number of aryl methyl sites for hydroxylation is 3. The summed E-state index contributed by atoms with van der Waals surface area (Å²) in [6, 6.07) is 8.53. The molecular weight excluding hydrogens is 297 g/mol. The van der Waals surface area contributed by atoms with Crippen molar-refractivity contribution in [2.24, 2.45) is 7.05 Å². The zero-order valence-corrected chi connectivity index (χ0v) is 14.8. The van der Waals surface area contributed by atoms with E-state index < -0.39 is 0 Å². The molecule has 0 N–H and O–H groups in total. The summed E-state index contributed by atoms with van der Waals surface area (Å²) in [5.74, 6) is 0.897. The quantitative estimate of drug-likeness (QED) is 0.511. The van der Waals surface area contributed by atoms with Gasteiger partial charge in [-0.15, -0.1) is 0 Å². The van der Waals surface area contributed by atoms with Gasteiger partial charge in [-0.25, -0.2) is 9.55 Å². The summed E-state index contributed by atoms with van der Waals surface area (Å²) in [5.41, 5.74) is 6.59. The summed E-state index contributed by atoms with van der Waals surface area (Å²) in [6.07, 6.45) is 4.32. The van der Waals surface area contributed by atoms with Gasteiger partial charge in [-0.3, -0.25) is 0 Å². The fourth-order valence-electron chi connectivity index (χ4n) is 3.73. The first kappa shape index (κ1) is 15.0. The highest BCUT2D eigenvalue weighted by Gasteiger charge is 2.38. The second kappa shape index (κ2) is 5.23. The molecular formula is C19H21BN3O+. The predicted molar refractivity (Wildman–Crippen MR) is 98.5 cm³/mol. The average Bonchev–Trinajstić information content (AvgIpc) is 2.86. The van der Waals surface area contributed by atoms with Crippen LogP contribution >= 0.6 is 0 Å². The van der Waals surface area contributed by atoms with Crippen LogP contribution in [0.3, 0.4) is 0 Å². The van der Waals surface area contributed by atoms with Crippen LogP contribution in [0.15, 0.2) is 40.4 Å². The van der Waals surface area contributed by atoms with Gasteiger partial charge in [0.05, 0.1) is 11.1 Å². The number of fused-ring (bicyclic) bond motifs is 3. The molecule has 3 aromatic rings. The SMILES string of the molecule is CC1=Cc2oc3nc(C)ccc3c2N(C)B1c1ccc(C)c[n+]1C. The third kappa shape index (κ3) is 2.15. The number of allylic oxidation sites excluding steroid dienone is 1. The Hall–Kier alpha value is -2.56. The molecule has 0 aliphatic carbocycles. The maximum Gasteiger partial charge on any atom is 0.399 e. The largest absolute Gasteiger partial charge is 0.436 e. The molecule has 120 valence electrons. The van der Waals surface area contributed by atoms with E-state index in [1.54, 1.807) is 0 Å². The van der Waals surface area contributed by atoms with Crippen molar-refractivity contribution in [2.45, 2.75) is 20.8 Å². The Morgan fingerprint density at radius 3 is 2.67 bits per heavy atom. The lowest BCUT2D eigenvalue weighted by Crippen LogP contribution is -2.62. The number of aromatic nitrogens is 2. The molecule has 0 spiro atoms. The molecule has 5 heteroatoms. The molecule has 0 unspecified atom stereocenters. The van der Waals surface area contributed by atoms with Crippen molar-refractivity contribution in [2.75, 3.05) is 11.9 Å². The Labute approximate surface area is 142 Å². The van der Waals surface area contributed by atoms with Crippen LogP contribution in [0.25, 0.3) is 17.2 Å². The van der Waals surface area contributed by atoms with Crippen LogP contribution in [-0.2, 0) is 7.05 Å². The van der Waals surface area contributed by atoms with Gasteiger partial charge in [-0.05, 0) is 58.2 Å². The van der Waals surface area contributed by atoms with Gasteiger partial charge >= 0.3 is 6.85 Å². The normalized spacial score (nSPS) is 14.1. The minimum Gasteiger partial charge on any atom is -0.436 e. The second-order valence-corrected chi connectivity index (χ2v) is 6.76. The number of pyridine rings is 2. The van der Waals surface area contributed by atoms with Crippen LogP contribution in [0.1, 0.15) is 23.9 Å². The van der Waals surface area contributed by atoms with Gasteiger partial charge in [0.25, 0.3) is 0 Å². The fraction of sp³-hybridized carbons (Fsp3) is 0.263. The summed E-state index contributed by atoms with van der Waals surface area (Å²) in [6.45, 7) is 6.45. The van der Waals surface area contributed by atoms with E-state index in [-0.39, 0.29) is 6.85 Å². The van der Waals surface area contributed by atoms with E-state index in [1.165, 1.54) is 16.6 Å². The molecule has 1 aliphatic rings. The third-order valence-electron chi connectivity index (χ3n) is 4.83. The van der Waals surface area contributed by atoms with Gasteiger partial charge in [0.2, 0.25) is 5.71 Å². The van der Waals surface area contributed by atoms with Crippen molar-refractivity contribution in [1.82, 2.24) is 4.98 Å². The molecule has 0 aromatic carbocycles. The Balaban J connectivity index is 1.91. The minimum atomic E-state index is 0.185. The van der Waals surface area contributed by atoms with Crippen LogP contribution in [0.2, 0.25) is 0 Å². The zero-order valence-electron chi connectivity index (χ0n) is 14.8. The van der Waals surface area contributed by atoms with Crippen LogP contribution in [0, 0.1) is 13.8 Å². The molecule has 4 heterocycles. The van der Waals surface area contributed by atoms with Crippen molar-refractivity contribution in [3.8, 4) is 0 Å². The summed E-state index contributed by atoms with van der Waals surface area (Å²) in [7, 11) is 4.24. The van der Waals surface area contributed by atoms with Crippen molar-refractivity contribution in [3.63, 3.8) is 0 Å². The van der Waals surface area contributed by atoms with Crippen LogP contribution in [0.4, 0.5) is 5.69 Å². The third-order valence-corrected chi connectivity index (χ3v) is 4.83. The Kier molecular flexibility index (Phi) is 3.27. The Bertz CT molecular complexity index is 990. The fourth-order valence-corrected chi connectivity index (χ4v) is 3.73. The smallest absolute Gasteiger partial charge is 0.399 e. The lowest BCUT2D eigenvalue weighted by atomic mass is 9.49. The lowest BCUT2D eigenvalue weighted by Gasteiger charge is -2.29. The number of anilines is 1. The molecule has 0 bridgehead atoms. The van der Waals surface area contributed by atoms with Crippen molar-refractivity contribution >= 4 is 35.3 Å². The number of rotatable bonds is 1. The molecule has 0 atom stereocenters. The molecule has 0 fully saturated rings. The van der Waals surface area contributed by atoms with E-state index in [0.29, 0.717) is 5.71 Å². The molecule has 0 saturated carbocycles. The highest BCUT2D eigenvalue weighted by Crippen LogP contribution is 2.38. The minimum absolute atomic E-state index is 0.185. The summed E-state index contributed by atoms with van der Waals surface area (Å²) < 4.78 is 8.22. The zero-order chi connectivity index (χ0) is 17.0. The average molecular weight is 318 g/mol. The molecule has 24 heavy (non-hydrogen) atoms. The summed E-state index contributed by atoms with van der Waals surface area (Å²) in [4.78, 5) is 6.84. The molecule has 0 amide bonds. The van der Waals surface area contributed by atoms with Crippen LogP contribution in [-0.4, -0.2) is 18.9 Å². The first-order chi connectivity index (χ1) is 11.5. The topological polar surface area (TPSA) is 33.2 Å². The Morgan fingerprint density at radius 2 is 1.92 bits per heavy atom. The van der Waals surface area contributed by atoms with Gasteiger partial charge < -0.3 is 9.23 Å². The molecule has 3 aromatic heterocycles. The first-order valence-electron chi connectivity index (χ1n) is 8.23. The number of furan rings is 1. The number of hydrogen-bond acceptors (Lipinski definition) is 3. The molecule has 0 radical (unpaired) electrons. The number of hydrogen-bond donors (Lipinski definition) is 0. The molecule has 0 saturated heterocycles. The summed E-state index contributed by atoms with van der Waals surface area (Å²) in [5, 5.41) is 1.07. The van der Waals surface area contributed by atoms with E-state index in [1.807, 2.05) is 13.0 Å². The van der Waals surface area contributed by atoms with Gasteiger partial charge in [0.1, 0.15) is 7.05 Å². The van der Waals surface area contributed by atoms with E-state index in [2.05, 4.69) is 72.8 Å². The molecule has 4 nitrogen and oxygen atoms in total. The van der Waals surface area contributed by atoms with Gasteiger partial charge in [-0.1, -0.05) is 5.47 Å². The molecule has 4 rings (SSSR count). The van der Waals surface area contributed by atoms with Gasteiger partial charge in [0, 0.05) is 11.3 Å². The van der Waals surface area contributed by atoms with Crippen molar-refractivity contribution < 1.29 is 8.98 Å². The highest BCUT2D eigenvalue weighted by atomic mass is 16.3. The van der Waals surface area contributed by atoms with E-state index in [4.69, 9.17) is 4.42 Å². The predicted octanol–water partition coefficient (Wildman–Crippen LogP) is 2.56. The second-order valence-electron chi connectivity index (χ2n) is 6.76. The van der Waals surface area contributed by atoms with Crippen molar-refractivity contribution in [3.05, 3.63) is 53.0 Å². The maximum absolute atomic E-state index is 6.01. The monoisotopic (exact) mass is 318 g/mol. The Morgan fingerprint density at radius 1 is 1.12 bits per heavy atom. The van der Waals surface area contributed by atoms with E-state index >= 15 is 0 Å². The van der Waals surface area contributed by atoms with Crippen molar-refractivity contribution in [1.29, 1.82) is 0 Å². The summed E-state index contributed by atoms with van der Waals surface area (Å²) >= 11 is 0. The first-order valence-corrected chi connectivity index (χ1v) is 8.23. The van der Waals surface area contributed by atoms with E-state index in [0.717, 1.165) is 22.5 Å². The van der Waals surface area contributed by atoms with Crippen LogP contribution in [0.5, 0.6) is 0 Å².